The van der Waals surface area contributed by atoms with E-state index in [2.05, 4.69) is 0 Å². The molecule has 0 aromatic heterocycles. The second-order valence-electron chi connectivity index (χ2n) is 5.72. The van der Waals surface area contributed by atoms with Gasteiger partial charge in [0.1, 0.15) is 0 Å². The number of hydrogen-bond acceptors (Lipinski definition) is 3. The number of sulfonamides is 1. The predicted octanol–water partition coefficient (Wildman–Crippen LogP) is 2.36. The largest absolute Gasteiger partial charge is 0.481 e. The number of hydrogen-bond donors (Lipinski definition) is 1. The van der Waals surface area contributed by atoms with Gasteiger partial charge in [-0.25, -0.2) is 8.42 Å². The quantitative estimate of drug-likeness (QED) is 0.907. The second-order valence-corrected chi connectivity index (χ2v) is 7.66. The minimum Gasteiger partial charge on any atom is -0.481 e. The highest BCUT2D eigenvalue weighted by Crippen LogP contribution is 2.34. The van der Waals surface area contributed by atoms with Crippen molar-refractivity contribution in [1.82, 2.24) is 4.31 Å². The first kappa shape index (κ1) is 17.7. The minimum atomic E-state index is -4.55. The number of benzene rings is 1. The molecule has 0 bridgehead atoms. The van der Waals surface area contributed by atoms with Gasteiger partial charge in [0.25, 0.3) is 0 Å². The summed E-state index contributed by atoms with van der Waals surface area (Å²) in [6, 6.07) is 2.61. The SMILES string of the molecule is Cc1cc(S(=O)(=O)N2C[C@@H](C)[C@H](C(=O)O)C2)ccc1C(F)(F)F. The third-order valence-corrected chi connectivity index (χ3v) is 5.86. The summed E-state index contributed by atoms with van der Waals surface area (Å²) in [5.41, 5.74) is -1.09. The van der Waals surface area contributed by atoms with Crippen molar-refractivity contribution >= 4 is 16.0 Å². The molecular formula is C14H16F3NO4S. The van der Waals surface area contributed by atoms with E-state index in [-0.39, 0.29) is 29.5 Å². The van der Waals surface area contributed by atoms with Gasteiger partial charge in [0.2, 0.25) is 10.0 Å². The molecule has 23 heavy (non-hydrogen) atoms. The molecule has 1 aliphatic rings. The molecule has 1 saturated heterocycles. The molecule has 2 rings (SSSR count). The van der Waals surface area contributed by atoms with Crippen LogP contribution in [0, 0.1) is 18.8 Å². The number of carbonyl (C=O) groups is 1. The van der Waals surface area contributed by atoms with Crippen LogP contribution in [0.5, 0.6) is 0 Å². The molecule has 1 aliphatic heterocycles. The van der Waals surface area contributed by atoms with E-state index < -0.39 is 33.7 Å². The molecule has 1 fully saturated rings. The molecule has 0 aliphatic carbocycles. The Morgan fingerprint density at radius 3 is 2.35 bits per heavy atom. The highest BCUT2D eigenvalue weighted by molar-refractivity contribution is 7.89. The van der Waals surface area contributed by atoms with E-state index in [1.165, 1.54) is 6.92 Å². The van der Waals surface area contributed by atoms with Crippen LogP contribution in [0.15, 0.2) is 23.1 Å². The Labute approximate surface area is 131 Å². The number of alkyl halides is 3. The van der Waals surface area contributed by atoms with Gasteiger partial charge in [-0.15, -0.1) is 0 Å². The van der Waals surface area contributed by atoms with Crippen molar-refractivity contribution in [1.29, 1.82) is 0 Å². The van der Waals surface area contributed by atoms with Gasteiger partial charge in [0.15, 0.2) is 0 Å². The first-order valence-electron chi connectivity index (χ1n) is 6.85. The van der Waals surface area contributed by atoms with E-state index in [0.717, 1.165) is 22.5 Å². The van der Waals surface area contributed by atoms with Crippen LogP contribution in [0.2, 0.25) is 0 Å². The summed E-state index contributed by atoms with van der Waals surface area (Å²) in [5, 5.41) is 9.06. The molecule has 1 aromatic rings. The highest BCUT2D eigenvalue weighted by Gasteiger charge is 2.41. The molecule has 1 heterocycles. The standard InChI is InChI=1S/C14H16F3NO4S/c1-8-5-10(3-4-12(8)14(15,16)17)23(21,22)18-6-9(2)11(7-18)13(19)20/h3-5,9,11H,6-7H2,1-2H3,(H,19,20)/t9-,11-/m1/s1. The van der Waals surface area contributed by atoms with Crippen molar-refractivity contribution in [3.05, 3.63) is 29.3 Å². The molecule has 1 N–H and O–H groups in total. The van der Waals surface area contributed by atoms with Crippen molar-refractivity contribution in [2.75, 3.05) is 13.1 Å². The van der Waals surface area contributed by atoms with Gasteiger partial charge in [-0.1, -0.05) is 6.92 Å². The highest BCUT2D eigenvalue weighted by atomic mass is 32.2. The van der Waals surface area contributed by atoms with Crippen molar-refractivity contribution in [3.8, 4) is 0 Å². The van der Waals surface area contributed by atoms with Gasteiger partial charge >= 0.3 is 12.1 Å². The van der Waals surface area contributed by atoms with Gasteiger partial charge in [0, 0.05) is 13.1 Å². The number of carboxylic acids is 1. The number of halogens is 3. The normalized spacial score (nSPS) is 23.2. The molecule has 1 aromatic carbocycles. The van der Waals surface area contributed by atoms with Crippen molar-refractivity contribution in [2.45, 2.75) is 24.9 Å². The van der Waals surface area contributed by atoms with Crippen LogP contribution in [-0.4, -0.2) is 36.9 Å². The van der Waals surface area contributed by atoms with E-state index in [9.17, 15) is 26.4 Å². The average molecular weight is 351 g/mol. The topological polar surface area (TPSA) is 74.7 Å². The summed E-state index contributed by atoms with van der Waals surface area (Å²) in [6.45, 7) is 2.67. The minimum absolute atomic E-state index is 0.0272. The number of rotatable bonds is 3. The van der Waals surface area contributed by atoms with E-state index in [0.29, 0.717) is 0 Å². The zero-order chi connectivity index (χ0) is 17.6. The molecule has 0 unspecified atom stereocenters. The van der Waals surface area contributed by atoms with Gasteiger partial charge in [-0.3, -0.25) is 4.79 Å². The van der Waals surface area contributed by atoms with Gasteiger partial charge < -0.3 is 5.11 Å². The molecule has 0 radical (unpaired) electrons. The number of carboxylic acid groups (broad SMARTS) is 1. The maximum absolute atomic E-state index is 12.7. The van der Waals surface area contributed by atoms with E-state index >= 15 is 0 Å². The average Bonchev–Trinajstić information content (AvgIpc) is 2.80. The molecule has 0 saturated carbocycles. The monoisotopic (exact) mass is 351 g/mol. The molecule has 0 spiro atoms. The van der Waals surface area contributed by atoms with Gasteiger partial charge in [0.05, 0.1) is 16.4 Å². The molecule has 0 amide bonds. The fourth-order valence-electron chi connectivity index (χ4n) is 2.70. The Hall–Kier alpha value is -1.61. The van der Waals surface area contributed by atoms with Crippen molar-refractivity contribution in [3.63, 3.8) is 0 Å². The lowest BCUT2D eigenvalue weighted by Crippen LogP contribution is -2.30. The molecule has 2 atom stereocenters. The Morgan fingerprint density at radius 1 is 1.30 bits per heavy atom. The summed E-state index contributed by atoms with van der Waals surface area (Å²) >= 11 is 0. The smallest absolute Gasteiger partial charge is 0.416 e. The number of aliphatic carboxylic acids is 1. The molecular weight excluding hydrogens is 335 g/mol. The van der Waals surface area contributed by atoms with Gasteiger partial charge in [-0.05, 0) is 36.6 Å². The van der Waals surface area contributed by atoms with E-state index in [4.69, 9.17) is 5.11 Å². The number of aryl methyl sites for hydroxylation is 1. The summed E-state index contributed by atoms with van der Waals surface area (Å²) in [7, 11) is -4.02. The maximum atomic E-state index is 12.7. The van der Waals surface area contributed by atoms with Gasteiger partial charge in [-0.2, -0.15) is 17.5 Å². The zero-order valence-corrected chi connectivity index (χ0v) is 13.3. The summed E-state index contributed by atoms with van der Waals surface area (Å²) in [4.78, 5) is 10.8. The van der Waals surface area contributed by atoms with E-state index in [1.54, 1.807) is 6.92 Å². The predicted molar refractivity (Wildman–Crippen MR) is 75.2 cm³/mol. The van der Waals surface area contributed by atoms with Crippen LogP contribution >= 0.6 is 0 Å². The lowest BCUT2D eigenvalue weighted by Gasteiger charge is -2.18. The van der Waals surface area contributed by atoms with Crippen molar-refractivity contribution < 1.29 is 31.5 Å². The lowest BCUT2D eigenvalue weighted by atomic mass is 9.99. The van der Waals surface area contributed by atoms with E-state index in [1.807, 2.05) is 0 Å². The van der Waals surface area contributed by atoms with Crippen LogP contribution in [0.3, 0.4) is 0 Å². The fraction of sp³-hybridized carbons (Fsp3) is 0.500. The first-order valence-corrected chi connectivity index (χ1v) is 8.29. The Morgan fingerprint density at radius 2 is 1.91 bits per heavy atom. The van der Waals surface area contributed by atoms with Crippen LogP contribution < -0.4 is 0 Å². The Balaban J connectivity index is 2.35. The lowest BCUT2D eigenvalue weighted by molar-refractivity contribution is -0.142. The Kier molecular flexibility index (Phi) is 4.46. The second kappa shape index (κ2) is 5.79. The summed E-state index contributed by atoms with van der Waals surface area (Å²) < 4.78 is 64.3. The summed E-state index contributed by atoms with van der Waals surface area (Å²) in [5.74, 6) is -2.27. The fourth-order valence-corrected chi connectivity index (χ4v) is 4.36. The third kappa shape index (κ3) is 3.35. The van der Waals surface area contributed by atoms with Crippen LogP contribution in [0.4, 0.5) is 13.2 Å². The Bertz CT molecular complexity index is 730. The van der Waals surface area contributed by atoms with Crippen molar-refractivity contribution in [2.24, 2.45) is 11.8 Å². The molecule has 9 heteroatoms. The number of nitrogens with zero attached hydrogens (tertiary/aromatic N) is 1. The van der Waals surface area contributed by atoms with Crippen LogP contribution in [0.25, 0.3) is 0 Å². The summed E-state index contributed by atoms with van der Waals surface area (Å²) in [6.07, 6.45) is -4.55. The maximum Gasteiger partial charge on any atom is 0.416 e. The third-order valence-electron chi connectivity index (χ3n) is 4.04. The first-order chi connectivity index (χ1) is 10.4. The van der Waals surface area contributed by atoms with Crippen LogP contribution in [0.1, 0.15) is 18.1 Å². The van der Waals surface area contributed by atoms with Crippen LogP contribution in [-0.2, 0) is 21.0 Å². The molecule has 5 nitrogen and oxygen atoms in total. The zero-order valence-electron chi connectivity index (χ0n) is 12.5. The molecule has 128 valence electrons.